The minimum atomic E-state index is -0.774. The Morgan fingerprint density at radius 3 is 2.38 bits per heavy atom. The predicted octanol–water partition coefficient (Wildman–Crippen LogP) is 5.95. The van der Waals surface area contributed by atoms with Crippen molar-refractivity contribution in [2.24, 2.45) is 4.99 Å². The van der Waals surface area contributed by atoms with Gasteiger partial charge in [-0.05, 0) is 122 Å². The van der Waals surface area contributed by atoms with Crippen molar-refractivity contribution in [1.29, 1.82) is 0 Å². The second kappa shape index (κ2) is 12.4. The van der Waals surface area contributed by atoms with E-state index in [0.29, 0.717) is 31.9 Å². The zero-order valence-electron chi connectivity index (χ0n) is 22.2. The molecular formula is C28H27BrI2N2O5S. The maximum absolute atomic E-state index is 14.0. The molecule has 1 atom stereocenters. The molecule has 0 spiro atoms. The van der Waals surface area contributed by atoms with Gasteiger partial charge >= 0.3 is 5.97 Å². The highest BCUT2D eigenvalue weighted by Crippen LogP contribution is 2.37. The Labute approximate surface area is 266 Å². The van der Waals surface area contributed by atoms with Gasteiger partial charge in [-0.25, -0.2) is 9.79 Å². The summed E-state index contributed by atoms with van der Waals surface area (Å²) in [4.78, 5) is 32.5. The molecule has 206 valence electrons. The highest BCUT2D eigenvalue weighted by molar-refractivity contribution is 14.1. The van der Waals surface area contributed by atoms with Gasteiger partial charge in [0.2, 0.25) is 0 Å². The second-order valence-corrected chi connectivity index (χ2v) is 13.7. The number of halogens is 3. The van der Waals surface area contributed by atoms with E-state index >= 15 is 0 Å². The van der Waals surface area contributed by atoms with Crippen LogP contribution in [-0.4, -0.2) is 29.9 Å². The summed E-state index contributed by atoms with van der Waals surface area (Å²) in [5.41, 5.74) is 2.08. The summed E-state index contributed by atoms with van der Waals surface area (Å²) >= 11 is 9.32. The Balaban J connectivity index is 1.95. The average Bonchev–Trinajstić information content (AvgIpc) is 3.14. The number of benzene rings is 2. The molecule has 0 aliphatic carbocycles. The summed E-state index contributed by atoms with van der Waals surface area (Å²) in [5, 5.41) is 0. The Hall–Kier alpha value is -1.71. The van der Waals surface area contributed by atoms with Crippen molar-refractivity contribution < 1.29 is 19.0 Å². The van der Waals surface area contributed by atoms with Crippen LogP contribution in [0, 0.1) is 7.14 Å². The van der Waals surface area contributed by atoms with Crippen molar-refractivity contribution in [2.75, 3.05) is 7.11 Å². The molecular weight excluding hydrogens is 810 g/mol. The van der Waals surface area contributed by atoms with E-state index in [0.717, 1.165) is 22.9 Å². The molecule has 2 aromatic carbocycles. The topological polar surface area (TPSA) is 79.1 Å². The normalized spacial score (nSPS) is 15.5. The SMILES string of the molecule is COc1ccc(Br)cc1[C@H]1C(C(=O)OC(C)C)=C(C)N=c2s/c(=C\c3cc(I)c(OC(C)C)c(I)c3)c(=O)n21. The first-order chi connectivity index (χ1) is 18.4. The fraction of sp³-hybridized carbons (Fsp3) is 0.321. The molecule has 7 nitrogen and oxygen atoms in total. The minimum Gasteiger partial charge on any atom is -0.496 e. The van der Waals surface area contributed by atoms with E-state index in [9.17, 15) is 9.59 Å². The molecule has 1 aromatic heterocycles. The Morgan fingerprint density at radius 1 is 1.13 bits per heavy atom. The number of methoxy groups -OCH3 is 1. The molecule has 11 heteroatoms. The van der Waals surface area contributed by atoms with Gasteiger partial charge in [0.15, 0.2) is 4.80 Å². The van der Waals surface area contributed by atoms with E-state index in [-0.39, 0.29) is 17.8 Å². The lowest BCUT2D eigenvalue weighted by atomic mass is 9.95. The molecule has 1 aliphatic rings. The molecule has 1 aliphatic heterocycles. The third-order valence-electron chi connectivity index (χ3n) is 5.74. The van der Waals surface area contributed by atoms with Crippen molar-refractivity contribution in [3.63, 3.8) is 0 Å². The van der Waals surface area contributed by atoms with Crippen LogP contribution in [-0.2, 0) is 9.53 Å². The molecule has 0 radical (unpaired) electrons. The Morgan fingerprint density at radius 2 is 1.79 bits per heavy atom. The lowest BCUT2D eigenvalue weighted by Gasteiger charge is -2.26. The summed E-state index contributed by atoms with van der Waals surface area (Å²) in [6, 6.07) is 8.73. The third kappa shape index (κ3) is 6.46. The van der Waals surface area contributed by atoms with Gasteiger partial charge in [0.1, 0.15) is 17.5 Å². The number of thiazole rings is 1. The van der Waals surface area contributed by atoms with E-state index in [2.05, 4.69) is 66.1 Å². The number of carbonyl (C=O) groups is 1. The minimum absolute atomic E-state index is 0.0522. The summed E-state index contributed by atoms with van der Waals surface area (Å²) in [5.74, 6) is 0.861. The van der Waals surface area contributed by atoms with Crippen LogP contribution in [0.25, 0.3) is 6.08 Å². The summed E-state index contributed by atoms with van der Waals surface area (Å²) in [6.45, 7) is 9.33. The number of aromatic nitrogens is 1. The average molecular weight is 837 g/mol. The number of hydrogen-bond acceptors (Lipinski definition) is 7. The fourth-order valence-electron chi connectivity index (χ4n) is 4.24. The van der Waals surface area contributed by atoms with Gasteiger partial charge in [0.05, 0.1) is 42.3 Å². The standard InChI is InChI=1S/C28H27BrI2N2O5S/c1-13(2)37-25-19(30)9-16(10-20(25)31)11-22-26(34)33-24(18-12-17(29)7-8-21(18)36-6)23(27(35)38-14(3)4)15(5)32-28(33)39-22/h7-14,24H,1-6H3/b22-11-/t24-/m0/s1. The molecule has 0 saturated carbocycles. The van der Waals surface area contributed by atoms with Crippen LogP contribution in [0.4, 0.5) is 0 Å². The van der Waals surface area contributed by atoms with Gasteiger partial charge in [-0.1, -0.05) is 27.3 Å². The quantitative estimate of drug-likeness (QED) is 0.217. The van der Waals surface area contributed by atoms with Gasteiger partial charge in [-0.2, -0.15) is 0 Å². The Kier molecular flexibility index (Phi) is 9.65. The van der Waals surface area contributed by atoms with Gasteiger partial charge in [-0.3, -0.25) is 9.36 Å². The maximum atomic E-state index is 14.0. The van der Waals surface area contributed by atoms with Crippen molar-refractivity contribution in [1.82, 2.24) is 4.57 Å². The number of esters is 1. The first-order valence-corrected chi connectivity index (χ1v) is 15.9. The molecule has 0 amide bonds. The molecule has 0 bridgehead atoms. The monoisotopic (exact) mass is 836 g/mol. The van der Waals surface area contributed by atoms with Crippen LogP contribution < -0.4 is 24.4 Å². The number of allylic oxidation sites excluding steroid dienone is 1. The summed E-state index contributed by atoms with van der Waals surface area (Å²) < 4.78 is 22.0. The van der Waals surface area contributed by atoms with Gasteiger partial charge in [0.25, 0.3) is 5.56 Å². The second-order valence-electron chi connectivity index (χ2n) is 9.40. The smallest absolute Gasteiger partial charge is 0.338 e. The van der Waals surface area contributed by atoms with Crippen LogP contribution >= 0.6 is 72.4 Å². The molecule has 0 fully saturated rings. The largest absolute Gasteiger partial charge is 0.496 e. The van der Waals surface area contributed by atoms with Crippen LogP contribution in [0.3, 0.4) is 0 Å². The van der Waals surface area contributed by atoms with Gasteiger partial charge in [0, 0.05) is 10.0 Å². The molecule has 2 heterocycles. The number of rotatable bonds is 7. The lowest BCUT2D eigenvalue weighted by Crippen LogP contribution is -2.40. The molecule has 39 heavy (non-hydrogen) atoms. The van der Waals surface area contributed by atoms with Crippen LogP contribution in [0.2, 0.25) is 0 Å². The predicted molar refractivity (Wildman–Crippen MR) is 173 cm³/mol. The summed E-state index contributed by atoms with van der Waals surface area (Å²) in [6.07, 6.45) is 1.57. The zero-order valence-corrected chi connectivity index (χ0v) is 28.9. The lowest BCUT2D eigenvalue weighted by molar-refractivity contribution is -0.143. The van der Waals surface area contributed by atoms with Crippen molar-refractivity contribution >= 4 is 84.5 Å². The van der Waals surface area contributed by atoms with Crippen LogP contribution in [0.15, 0.2) is 55.9 Å². The fourth-order valence-corrected chi connectivity index (χ4v) is 7.73. The zero-order chi connectivity index (χ0) is 28.6. The first kappa shape index (κ1) is 30.3. The highest BCUT2D eigenvalue weighted by atomic mass is 127. The summed E-state index contributed by atoms with van der Waals surface area (Å²) in [7, 11) is 1.56. The molecule has 0 N–H and O–H groups in total. The van der Waals surface area contributed by atoms with Crippen LogP contribution in [0.5, 0.6) is 11.5 Å². The van der Waals surface area contributed by atoms with Gasteiger partial charge < -0.3 is 14.2 Å². The molecule has 0 unspecified atom stereocenters. The van der Waals surface area contributed by atoms with E-state index in [1.165, 1.54) is 11.3 Å². The van der Waals surface area contributed by atoms with Crippen LogP contribution in [0.1, 0.15) is 51.8 Å². The van der Waals surface area contributed by atoms with E-state index < -0.39 is 12.0 Å². The number of carbonyl (C=O) groups excluding carboxylic acids is 1. The van der Waals surface area contributed by atoms with E-state index in [4.69, 9.17) is 14.2 Å². The maximum Gasteiger partial charge on any atom is 0.338 e. The highest BCUT2D eigenvalue weighted by Gasteiger charge is 2.35. The van der Waals surface area contributed by atoms with Crippen molar-refractivity contribution in [2.45, 2.75) is 52.9 Å². The Bertz CT molecular complexity index is 1640. The number of nitrogens with zero attached hydrogens (tertiary/aromatic N) is 2. The number of hydrogen-bond donors (Lipinski definition) is 0. The van der Waals surface area contributed by atoms with E-state index in [1.807, 2.05) is 44.2 Å². The van der Waals surface area contributed by atoms with E-state index in [1.54, 1.807) is 38.5 Å². The van der Waals surface area contributed by atoms with Gasteiger partial charge in [-0.15, -0.1) is 0 Å². The third-order valence-corrected chi connectivity index (χ3v) is 8.82. The molecule has 4 rings (SSSR count). The molecule has 3 aromatic rings. The number of ether oxygens (including phenoxy) is 3. The van der Waals surface area contributed by atoms with Crippen molar-refractivity contribution in [3.05, 3.63) is 84.0 Å². The first-order valence-electron chi connectivity index (χ1n) is 12.1. The van der Waals surface area contributed by atoms with Crippen molar-refractivity contribution in [3.8, 4) is 11.5 Å². The number of fused-ring (bicyclic) bond motifs is 1. The molecule has 0 saturated heterocycles.